The summed E-state index contributed by atoms with van der Waals surface area (Å²) < 4.78 is 21.8. The molecular weight excluding hydrogens is 520 g/mol. The van der Waals surface area contributed by atoms with Gasteiger partial charge in [0.05, 0.1) is 21.3 Å². The molecule has 5 aromatic rings. The smallest absolute Gasteiger partial charge is 0.272 e. The molecule has 0 bridgehead atoms. The number of hydrogen-bond acceptors (Lipinski definition) is 12. The van der Waals surface area contributed by atoms with Crippen molar-refractivity contribution in [1.82, 2.24) is 30.3 Å². The number of nitrogens with one attached hydrogen (secondary N) is 2. The summed E-state index contributed by atoms with van der Waals surface area (Å²) in [7, 11) is 4.66. The molecule has 2 aromatic carbocycles. The molecule has 0 aliphatic heterocycles. The lowest BCUT2D eigenvalue weighted by Crippen LogP contribution is -1.97. The molecule has 3 aromatic heterocycles. The van der Waals surface area contributed by atoms with Crippen LogP contribution in [0.15, 0.2) is 40.9 Å². The fourth-order valence-corrected chi connectivity index (χ4v) is 4.77. The molecule has 12 nitrogen and oxygen atoms in total. The molecule has 0 amide bonds. The lowest BCUT2D eigenvalue weighted by molar-refractivity contribution is 0.324. The minimum absolute atomic E-state index is 0.261. The SMILES string of the molecule is COc1cc(Nc2nc(N)c(-c3nc(-c4cccc(-c5n[nH]c(CC(C)C)n5)c4)no3)s2)cc(OC)c1OC. The summed E-state index contributed by atoms with van der Waals surface area (Å²) in [4.78, 5) is 14.1. The predicted molar refractivity (Wildman–Crippen MR) is 149 cm³/mol. The number of rotatable bonds is 10. The molecule has 0 saturated carbocycles. The summed E-state index contributed by atoms with van der Waals surface area (Å²) in [5.41, 5.74) is 8.50. The van der Waals surface area contributed by atoms with E-state index in [1.54, 1.807) is 33.5 Å². The minimum atomic E-state index is 0.261. The highest BCUT2D eigenvalue weighted by Gasteiger charge is 2.20. The molecule has 5 rings (SSSR count). The second-order valence-electron chi connectivity index (χ2n) is 8.98. The topological polar surface area (TPSA) is 159 Å². The van der Waals surface area contributed by atoms with Crippen LogP contribution in [0.5, 0.6) is 17.2 Å². The number of nitrogens with zero attached hydrogens (tertiary/aromatic N) is 5. The Bertz CT molecular complexity index is 1570. The summed E-state index contributed by atoms with van der Waals surface area (Å²) in [6.07, 6.45) is 0.827. The van der Waals surface area contributed by atoms with Gasteiger partial charge in [-0.25, -0.2) is 9.97 Å². The van der Waals surface area contributed by atoms with E-state index in [-0.39, 0.29) is 11.7 Å². The largest absolute Gasteiger partial charge is 0.493 e. The third-order valence-corrected chi connectivity index (χ3v) is 6.68. The van der Waals surface area contributed by atoms with Gasteiger partial charge in [0.15, 0.2) is 22.5 Å². The fraction of sp³-hybridized carbons (Fsp3) is 0.269. The fourth-order valence-electron chi connectivity index (χ4n) is 3.95. The van der Waals surface area contributed by atoms with E-state index in [2.05, 4.69) is 49.5 Å². The molecule has 0 spiro atoms. The third-order valence-electron chi connectivity index (χ3n) is 5.70. The van der Waals surface area contributed by atoms with E-state index in [0.717, 1.165) is 23.4 Å². The van der Waals surface area contributed by atoms with Crippen LogP contribution >= 0.6 is 11.3 Å². The molecule has 0 atom stereocenters. The normalized spacial score (nSPS) is 11.1. The Balaban J connectivity index is 1.38. The van der Waals surface area contributed by atoms with Gasteiger partial charge in [-0.3, -0.25) is 5.10 Å². The Morgan fingerprint density at radius 2 is 1.69 bits per heavy atom. The van der Waals surface area contributed by atoms with Crippen LogP contribution in [0.25, 0.3) is 33.5 Å². The summed E-state index contributed by atoms with van der Waals surface area (Å²) in [6.45, 7) is 4.28. The first-order valence-electron chi connectivity index (χ1n) is 12.1. The Labute approximate surface area is 228 Å². The number of aromatic nitrogens is 6. The molecule has 0 saturated heterocycles. The zero-order valence-corrected chi connectivity index (χ0v) is 22.9. The molecule has 0 fully saturated rings. The van der Waals surface area contributed by atoms with Crippen molar-refractivity contribution in [1.29, 1.82) is 0 Å². The molecule has 202 valence electrons. The van der Waals surface area contributed by atoms with Gasteiger partial charge in [0.1, 0.15) is 16.5 Å². The minimum Gasteiger partial charge on any atom is -0.493 e. The second kappa shape index (κ2) is 11.0. The van der Waals surface area contributed by atoms with Gasteiger partial charge in [0.25, 0.3) is 5.89 Å². The molecule has 0 radical (unpaired) electrons. The van der Waals surface area contributed by atoms with Crippen LogP contribution in [0.3, 0.4) is 0 Å². The van der Waals surface area contributed by atoms with Crippen LogP contribution in [-0.4, -0.2) is 51.6 Å². The number of ether oxygens (including phenoxy) is 3. The molecule has 0 unspecified atom stereocenters. The van der Waals surface area contributed by atoms with E-state index in [9.17, 15) is 0 Å². The van der Waals surface area contributed by atoms with E-state index < -0.39 is 0 Å². The van der Waals surface area contributed by atoms with Crippen molar-refractivity contribution in [2.24, 2.45) is 5.92 Å². The standard InChI is InChI=1S/C26H28N8O4S/c1-13(2)9-19-29-23(33-32-19)14-7-6-8-15(10-14)24-31-25(38-34-24)21-22(27)30-26(39-21)28-16-11-17(35-3)20(37-5)18(12-16)36-4/h6-8,10-13H,9,27H2,1-5H3,(H,28,30)(H,29,32,33). The molecule has 39 heavy (non-hydrogen) atoms. The highest BCUT2D eigenvalue weighted by atomic mass is 32.1. The van der Waals surface area contributed by atoms with E-state index in [1.807, 2.05) is 24.3 Å². The van der Waals surface area contributed by atoms with Crippen molar-refractivity contribution in [2.45, 2.75) is 20.3 Å². The Morgan fingerprint density at radius 1 is 0.974 bits per heavy atom. The van der Waals surface area contributed by atoms with Gasteiger partial charge in [-0.2, -0.15) is 10.1 Å². The lowest BCUT2D eigenvalue weighted by atomic mass is 10.1. The second-order valence-corrected chi connectivity index (χ2v) is 9.98. The van der Waals surface area contributed by atoms with Crippen molar-refractivity contribution in [3.63, 3.8) is 0 Å². The number of H-pyrrole nitrogens is 1. The quantitative estimate of drug-likeness (QED) is 0.211. The van der Waals surface area contributed by atoms with Gasteiger partial charge in [-0.05, 0) is 12.0 Å². The molecule has 0 aliphatic rings. The van der Waals surface area contributed by atoms with Crippen LogP contribution in [0.1, 0.15) is 19.7 Å². The van der Waals surface area contributed by atoms with Crippen LogP contribution in [-0.2, 0) is 6.42 Å². The summed E-state index contributed by atoms with van der Waals surface area (Å²) in [6, 6.07) is 11.2. The Kier molecular flexibility index (Phi) is 7.32. The zero-order chi connectivity index (χ0) is 27.5. The number of methoxy groups -OCH3 is 3. The number of thiazole rings is 1. The van der Waals surface area contributed by atoms with E-state index in [1.165, 1.54) is 11.3 Å². The van der Waals surface area contributed by atoms with Crippen LogP contribution in [0, 0.1) is 5.92 Å². The maximum atomic E-state index is 6.21. The maximum Gasteiger partial charge on any atom is 0.272 e. The van der Waals surface area contributed by atoms with Crippen molar-refractivity contribution in [2.75, 3.05) is 32.4 Å². The number of aromatic amines is 1. The van der Waals surface area contributed by atoms with Crippen LogP contribution < -0.4 is 25.3 Å². The number of hydrogen-bond donors (Lipinski definition) is 3. The van der Waals surface area contributed by atoms with Gasteiger partial charge < -0.3 is 29.8 Å². The molecule has 0 aliphatic carbocycles. The number of nitrogens with two attached hydrogens (primary N) is 1. The first-order chi connectivity index (χ1) is 18.9. The van der Waals surface area contributed by atoms with E-state index in [4.69, 9.17) is 24.5 Å². The number of benzene rings is 2. The van der Waals surface area contributed by atoms with Gasteiger partial charge in [0.2, 0.25) is 11.6 Å². The average Bonchev–Trinajstić information content (AvgIpc) is 3.68. The Hall–Kier alpha value is -4.65. The average molecular weight is 549 g/mol. The van der Waals surface area contributed by atoms with Gasteiger partial charge >= 0.3 is 0 Å². The molecule has 3 heterocycles. The summed E-state index contributed by atoms with van der Waals surface area (Å²) >= 11 is 1.28. The van der Waals surface area contributed by atoms with Crippen molar-refractivity contribution < 1.29 is 18.7 Å². The first kappa shape index (κ1) is 26.0. The van der Waals surface area contributed by atoms with Gasteiger partial charge in [0, 0.05) is 35.4 Å². The van der Waals surface area contributed by atoms with Crippen molar-refractivity contribution >= 4 is 28.0 Å². The van der Waals surface area contributed by atoms with Crippen molar-refractivity contribution in [3.8, 4) is 50.8 Å². The number of nitrogen functional groups attached to an aromatic ring is 1. The first-order valence-corrected chi connectivity index (χ1v) is 12.9. The maximum absolute atomic E-state index is 6.21. The Morgan fingerprint density at radius 3 is 2.36 bits per heavy atom. The molecule has 4 N–H and O–H groups in total. The summed E-state index contributed by atoms with van der Waals surface area (Å²) in [5.74, 6) is 4.39. The highest BCUT2D eigenvalue weighted by molar-refractivity contribution is 7.19. The molecule has 13 heteroatoms. The van der Waals surface area contributed by atoms with Crippen LogP contribution in [0.2, 0.25) is 0 Å². The molecular formula is C26H28N8O4S. The third kappa shape index (κ3) is 5.48. The highest BCUT2D eigenvalue weighted by Crippen LogP contribution is 2.42. The van der Waals surface area contributed by atoms with Crippen LogP contribution in [0.4, 0.5) is 16.6 Å². The monoisotopic (exact) mass is 548 g/mol. The van der Waals surface area contributed by atoms with E-state index in [0.29, 0.717) is 50.5 Å². The lowest BCUT2D eigenvalue weighted by Gasteiger charge is -2.14. The van der Waals surface area contributed by atoms with Gasteiger partial charge in [-0.15, -0.1) is 0 Å². The summed E-state index contributed by atoms with van der Waals surface area (Å²) in [5, 5.41) is 15.3. The number of anilines is 3. The zero-order valence-electron chi connectivity index (χ0n) is 22.1. The van der Waals surface area contributed by atoms with Gasteiger partial charge in [-0.1, -0.05) is 48.5 Å². The van der Waals surface area contributed by atoms with Crippen molar-refractivity contribution in [3.05, 3.63) is 42.2 Å². The predicted octanol–water partition coefficient (Wildman–Crippen LogP) is 5.20. The van der Waals surface area contributed by atoms with E-state index >= 15 is 0 Å².